The number of rotatable bonds is 0. The molecule has 1 rings (SSSR count). The van der Waals surface area contributed by atoms with E-state index in [0.717, 1.165) is 6.42 Å². The maximum absolute atomic E-state index is 11.4. The lowest BCUT2D eigenvalue weighted by molar-refractivity contribution is -0.145. The van der Waals surface area contributed by atoms with Gasteiger partial charge in [-0.05, 0) is 40.0 Å². The Hall–Kier alpha value is -0.970. The van der Waals surface area contributed by atoms with Crippen LogP contribution < -0.4 is 0 Å². The molecule has 0 aromatic rings. The Morgan fingerprint density at radius 2 is 2.17 bits per heavy atom. The summed E-state index contributed by atoms with van der Waals surface area (Å²) in [6, 6.07) is 0.355. The standard InChI is InChI=1S/C10H15NO/c1-5-6-9(12)11-8(2)7-10(11,3)4/h8H,7H2,1-4H3. The first-order valence-corrected chi connectivity index (χ1v) is 4.25. The topological polar surface area (TPSA) is 20.3 Å². The van der Waals surface area contributed by atoms with Crippen LogP contribution >= 0.6 is 0 Å². The van der Waals surface area contributed by atoms with E-state index < -0.39 is 0 Å². The van der Waals surface area contributed by atoms with Crippen LogP contribution in [0.15, 0.2) is 0 Å². The fraction of sp³-hybridized carbons (Fsp3) is 0.700. The van der Waals surface area contributed by atoms with Crippen molar-refractivity contribution < 1.29 is 4.79 Å². The molecule has 1 unspecified atom stereocenters. The minimum absolute atomic E-state index is 0.0142. The van der Waals surface area contributed by atoms with Crippen LogP contribution in [-0.2, 0) is 4.79 Å². The molecule has 0 bridgehead atoms. The zero-order chi connectivity index (χ0) is 9.35. The van der Waals surface area contributed by atoms with Gasteiger partial charge in [-0.2, -0.15) is 0 Å². The van der Waals surface area contributed by atoms with E-state index in [2.05, 4.69) is 32.6 Å². The quantitative estimate of drug-likeness (QED) is 0.497. The molecule has 0 saturated carbocycles. The number of nitrogens with zero attached hydrogens (tertiary/aromatic N) is 1. The van der Waals surface area contributed by atoms with Gasteiger partial charge < -0.3 is 4.90 Å². The highest BCUT2D eigenvalue weighted by atomic mass is 16.2. The molecule has 12 heavy (non-hydrogen) atoms. The molecule has 0 aliphatic carbocycles. The second kappa shape index (κ2) is 2.82. The highest BCUT2D eigenvalue weighted by Crippen LogP contribution is 2.35. The van der Waals surface area contributed by atoms with E-state index in [4.69, 9.17) is 0 Å². The van der Waals surface area contributed by atoms with Gasteiger partial charge in [0.1, 0.15) is 0 Å². The number of likely N-dealkylation sites (tertiary alicyclic amines) is 1. The van der Waals surface area contributed by atoms with Crippen molar-refractivity contribution in [3.05, 3.63) is 0 Å². The maximum atomic E-state index is 11.4. The molecule has 1 fully saturated rings. The third-order valence-electron chi connectivity index (χ3n) is 2.34. The molecule has 2 heteroatoms. The Kier molecular flexibility index (Phi) is 2.14. The SMILES string of the molecule is CC#CC(=O)N1C(C)CC1(C)C. The highest BCUT2D eigenvalue weighted by molar-refractivity contribution is 5.94. The average molecular weight is 165 g/mol. The van der Waals surface area contributed by atoms with Crippen molar-refractivity contribution in [3.63, 3.8) is 0 Å². The molecule has 1 heterocycles. The monoisotopic (exact) mass is 165 g/mol. The fourth-order valence-corrected chi connectivity index (χ4v) is 2.04. The van der Waals surface area contributed by atoms with Crippen LogP contribution in [0, 0.1) is 11.8 Å². The highest BCUT2D eigenvalue weighted by Gasteiger charge is 2.44. The Bertz CT molecular complexity index is 257. The number of hydrogen-bond acceptors (Lipinski definition) is 1. The van der Waals surface area contributed by atoms with E-state index >= 15 is 0 Å². The van der Waals surface area contributed by atoms with Gasteiger partial charge in [0.15, 0.2) is 0 Å². The summed E-state index contributed by atoms with van der Waals surface area (Å²) >= 11 is 0. The van der Waals surface area contributed by atoms with E-state index in [0.29, 0.717) is 6.04 Å². The Morgan fingerprint density at radius 1 is 1.58 bits per heavy atom. The molecule has 1 amide bonds. The summed E-state index contributed by atoms with van der Waals surface area (Å²) < 4.78 is 0. The third-order valence-corrected chi connectivity index (χ3v) is 2.34. The van der Waals surface area contributed by atoms with E-state index in [-0.39, 0.29) is 11.4 Å². The lowest BCUT2D eigenvalue weighted by Gasteiger charge is -2.53. The van der Waals surface area contributed by atoms with E-state index in [9.17, 15) is 4.79 Å². The minimum atomic E-state index is -0.0405. The molecule has 0 radical (unpaired) electrons. The van der Waals surface area contributed by atoms with Crippen LogP contribution in [0.3, 0.4) is 0 Å². The number of hydrogen-bond donors (Lipinski definition) is 0. The van der Waals surface area contributed by atoms with E-state index in [1.165, 1.54) is 0 Å². The first kappa shape index (κ1) is 9.12. The van der Waals surface area contributed by atoms with Crippen LogP contribution in [0.2, 0.25) is 0 Å². The summed E-state index contributed by atoms with van der Waals surface area (Å²) in [5, 5.41) is 0. The molecule has 0 aromatic heterocycles. The zero-order valence-corrected chi connectivity index (χ0v) is 8.14. The molecule has 66 valence electrons. The normalized spacial score (nSPS) is 25.3. The van der Waals surface area contributed by atoms with Gasteiger partial charge in [0.05, 0.1) is 0 Å². The third kappa shape index (κ3) is 1.32. The van der Waals surface area contributed by atoms with Gasteiger partial charge in [-0.1, -0.05) is 5.92 Å². The summed E-state index contributed by atoms with van der Waals surface area (Å²) in [5.74, 6) is 5.16. The largest absolute Gasteiger partial charge is 0.324 e. The van der Waals surface area contributed by atoms with Crippen molar-refractivity contribution in [1.29, 1.82) is 0 Å². The van der Waals surface area contributed by atoms with Gasteiger partial charge in [-0.3, -0.25) is 4.79 Å². The van der Waals surface area contributed by atoms with Gasteiger partial charge >= 0.3 is 0 Å². The Balaban J connectivity index is 2.72. The summed E-state index contributed by atoms with van der Waals surface area (Å²) in [6.07, 6.45) is 1.07. The predicted molar refractivity (Wildman–Crippen MR) is 48.5 cm³/mol. The van der Waals surface area contributed by atoms with Gasteiger partial charge in [-0.15, -0.1) is 0 Å². The summed E-state index contributed by atoms with van der Waals surface area (Å²) in [5.41, 5.74) is 0.0142. The van der Waals surface area contributed by atoms with Crippen molar-refractivity contribution in [3.8, 4) is 11.8 Å². The Morgan fingerprint density at radius 3 is 2.50 bits per heavy atom. The van der Waals surface area contributed by atoms with Crippen molar-refractivity contribution in [2.24, 2.45) is 0 Å². The van der Waals surface area contributed by atoms with Crippen LogP contribution in [0.1, 0.15) is 34.1 Å². The summed E-state index contributed by atoms with van der Waals surface area (Å²) in [7, 11) is 0. The number of amides is 1. The molecule has 0 spiro atoms. The molecular formula is C10H15NO. The first-order valence-electron chi connectivity index (χ1n) is 4.25. The minimum Gasteiger partial charge on any atom is -0.324 e. The van der Waals surface area contributed by atoms with E-state index in [1.54, 1.807) is 6.92 Å². The van der Waals surface area contributed by atoms with Crippen molar-refractivity contribution in [1.82, 2.24) is 4.90 Å². The smallest absolute Gasteiger partial charge is 0.299 e. The maximum Gasteiger partial charge on any atom is 0.299 e. The summed E-state index contributed by atoms with van der Waals surface area (Å²) in [4.78, 5) is 13.3. The van der Waals surface area contributed by atoms with Crippen LogP contribution in [0.25, 0.3) is 0 Å². The summed E-state index contributed by atoms with van der Waals surface area (Å²) in [6.45, 7) is 7.89. The van der Waals surface area contributed by atoms with Gasteiger partial charge in [0.25, 0.3) is 5.91 Å². The van der Waals surface area contributed by atoms with Gasteiger partial charge in [-0.25, -0.2) is 0 Å². The molecule has 0 aromatic carbocycles. The fourth-order valence-electron chi connectivity index (χ4n) is 2.04. The molecule has 0 N–H and O–H groups in total. The molecule has 2 nitrogen and oxygen atoms in total. The van der Waals surface area contributed by atoms with Crippen LogP contribution in [-0.4, -0.2) is 22.4 Å². The first-order chi connectivity index (χ1) is 5.49. The van der Waals surface area contributed by atoms with E-state index in [1.807, 2.05) is 4.90 Å². The molecule has 1 aliphatic rings. The molecular weight excluding hydrogens is 150 g/mol. The predicted octanol–water partition coefficient (Wildman–Crippen LogP) is 1.41. The van der Waals surface area contributed by atoms with Crippen molar-refractivity contribution in [2.75, 3.05) is 0 Å². The molecule has 1 saturated heterocycles. The van der Waals surface area contributed by atoms with Gasteiger partial charge in [0.2, 0.25) is 0 Å². The van der Waals surface area contributed by atoms with Crippen molar-refractivity contribution in [2.45, 2.75) is 45.7 Å². The number of carbonyl (C=O) groups is 1. The van der Waals surface area contributed by atoms with Crippen LogP contribution in [0.4, 0.5) is 0 Å². The number of carbonyl (C=O) groups excluding carboxylic acids is 1. The average Bonchev–Trinajstić information content (AvgIpc) is 1.84. The molecule has 1 atom stereocenters. The lowest BCUT2D eigenvalue weighted by atomic mass is 9.82. The second-order valence-corrected chi connectivity index (χ2v) is 3.92. The Labute approximate surface area is 73.9 Å². The second-order valence-electron chi connectivity index (χ2n) is 3.92. The van der Waals surface area contributed by atoms with Crippen molar-refractivity contribution >= 4 is 5.91 Å². The van der Waals surface area contributed by atoms with Gasteiger partial charge in [0, 0.05) is 11.6 Å². The lowest BCUT2D eigenvalue weighted by Crippen LogP contribution is -2.63. The molecule has 1 aliphatic heterocycles. The zero-order valence-electron chi connectivity index (χ0n) is 8.14. The van der Waals surface area contributed by atoms with Crippen LogP contribution in [0.5, 0.6) is 0 Å².